The maximum absolute atomic E-state index is 12.9. The average Bonchev–Trinajstić information content (AvgIpc) is 2.96. The average molecular weight is 356 g/mol. The molecule has 1 aromatic carbocycles. The number of pyridine rings is 1. The lowest BCUT2D eigenvalue weighted by molar-refractivity contribution is 0.101. The summed E-state index contributed by atoms with van der Waals surface area (Å²) in [6, 6.07) is 8.60. The van der Waals surface area contributed by atoms with E-state index in [1.54, 1.807) is 36.5 Å². The van der Waals surface area contributed by atoms with Gasteiger partial charge in [-0.3, -0.25) is 14.2 Å². The molecule has 5 nitrogen and oxygen atoms in total. The first-order valence-corrected chi connectivity index (χ1v) is 8.31. The molecule has 0 saturated carbocycles. The van der Waals surface area contributed by atoms with Gasteiger partial charge in [-0.15, -0.1) is 11.3 Å². The summed E-state index contributed by atoms with van der Waals surface area (Å²) in [5.74, 6) is -0.0780. The van der Waals surface area contributed by atoms with Crippen LogP contribution in [0.15, 0.2) is 47.7 Å². The van der Waals surface area contributed by atoms with E-state index in [9.17, 15) is 9.59 Å². The van der Waals surface area contributed by atoms with Crippen LogP contribution in [0.5, 0.6) is 0 Å². The molecule has 118 valence electrons. The fraction of sp³-hybridized carbons (Fsp3) is 0.0588. The second-order valence-corrected chi connectivity index (χ2v) is 6.71. The van der Waals surface area contributed by atoms with Crippen LogP contribution >= 0.6 is 22.9 Å². The van der Waals surface area contributed by atoms with Crippen LogP contribution in [0.25, 0.3) is 26.1 Å². The highest BCUT2D eigenvalue weighted by atomic mass is 35.5. The van der Waals surface area contributed by atoms with Crippen LogP contribution in [0.2, 0.25) is 5.02 Å². The lowest BCUT2D eigenvalue weighted by atomic mass is 10.1. The van der Waals surface area contributed by atoms with Crippen molar-refractivity contribution in [2.45, 2.75) is 6.92 Å². The third kappa shape index (κ3) is 2.23. The smallest absolute Gasteiger partial charge is 0.275 e. The van der Waals surface area contributed by atoms with Gasteiger partial charge in [-0.25, -0.2) is 9.97 Å². The van der Waals surface area contributed by atoms with Crippen molar-refractivity contribution in [1.82, 2.24) is 14.5 Å². The number of hydrogen-bond donors (Lipinski definition) is 0. The molecule has 0 aliphatic rings. The monoisotopic (exact) mass is 355 g/mol. The van der Waals surface area contributed by atoms with Gasteiger partial charge < -0.3 is 0 Å². The maximum Gasteiger partial charge on any atom is 0.275 e. The van der Waals surface area contributed by atoms with Crippen LogP contribution in [0.4, 0.5) is 0 Å². The zero-order valence-electron chi connectivity index (χ0n) is 12.5. The van der Waals surface area contributed by atoms with E-state index in [0.29, 0.717) is 36.7 Å². The Morgan fingerprint density at radius 1 is 1.17 bits per heavy atom. The molecule has 4 aromatic rings. The highest BCUT2D eigenvalue weighted by Crippen LogP contribution is 2.31. The number of carbonyl (C=O) groups excluding carboxylic acids is 1. The molecule has 0 aliphatic heterocycles. The van der Waals surface area contributed by atoms with Gasteiger partial charge in [0.05, 0.1) is 11.2 Å². The Morgan fingerprint density at radius 2 is 1.92 bits per heavy atom. The van der Waals surface area contributed by atoms with Gasteiger partial charge in [0.1, 0.15) is 15.9 Å². The van der Waals surface area contributed by atoms with Crippen molar-refractivity contribution in [2.75, 3.05) is 0 Å². The molecule has 3 aromatic heterocycles. The summed E-state index contributed by atoms with van der Waals surface area (Å²) in [6.45, 7) is 1.49. The molecule has 0 unspecified atom stereocenters. The van der Waals surface area contributed by atoms with E-state index in [4.69, 9.17) is 11.6 Å². The third-order valence-corrected chi connectivity index (χ3v) is 5.09. The number of carbonyl (C=O) groups is 1. The lowest BCUT2D eigenvalue weighted by Crippen LogP contribution is -2.17. The van der Waals surface area contributed by atoms with Gasteiger partial charge in [0, 0.05) is 22.2 Å². The molecule has 4 rings (SSSR count). The molecule has 0 spiro atoms. The number of hydrogen-bond acceptors (Lipinski definition) is 5. The molecule has 0 atom stereocenters. The summed E-state index contributed by atoms with van der Waals surface area (Å²) in [4.78, 5) is 34.0. The summed E-state index contributed by atoms with van der Waals surface area (Å²) in [7, 11) is 0. The van der Waals surface area contributed by atoms with E-state index in [1.165, 1.54) is 29.2 Å². The topological polar surface area (TPSA) is 64.8 Å². The van der Waals surface area contributed by atoms with E-state index in [0.717, 1.165) is 0 Å². The molecular weight excluding hydrogens is 346 g/mol. The van der Waals surface area contributed by atoms with Gasteiger partial charge in [0.2, 0.25) is 0 Å². The van der Waals surface area contributed by atoms with Crippen LogP contribution in [-0.4, -0.2) is 20.3 Å². The molecule has 3 heterocycles. The predicted molar refractivity (Wildman–Crippen MR) is 95.5 cm³/mol. The van der Waals surface area contributed by atoms with Gasteiger partial charge in [0.15, 0.2) is 5.78 Å². The van der Waals surface area contributed by atoms with Crippen molar-refractivity contribution in [3.05, 3.63) is 63.8 Å². The number of Topliss-reactive ketones (excluding diaryl/α,β-unsaturated/α-hetero) is 1. The largest absolute Gasteiger partial charge is 0.294 e. The zero-order valence-corrected chi connectivity index (χ0v) is 14.1. The number of fused-ring (bicyclic) bond motifs is 3. The number of ketones is 1. The van der Waals surface area contributed by atoms with Crippen LogP contribution in [0.3, 0.4) is 0 Å². The Labute approximate surface area is 145 Å². The first-order chi connectivity index (χ1) is 11.6. The van der Waals surface area contributed by atoms with E-state index in [2.05, 4.69) is 9.97 Å². The second-order valence-electron chi connectivity index (χ2n) is 5.27. The molecule has 0 fully saturated rings. The van der Waals surface area contributed by atoms with Crippen LogP contribution in [-0.2, 0) is 0 Å². The fourth-order valence-electron chi connectivity index (χ4n) is 2.63. The van der Waals surface area contributed by atoms with Gasteiger partial charge in [-0.1, -0.05) is 11.6 Å². The van der Waals surface area contributed by atoms with Crippen molar-refractivity contribution in [2.24, 2.45) is 0 Å². The highest BCUT2D eigenvalue weighted by Gasteiger charge is 2.17. The number of aromatic nitrogens is 3. The minimum Gasteiger partial charge on any atom is -0.294 e. The van der Waals surface area contributed by atoms with Gasteiger partial charge in [-0.05, 0) is 37.3 Å². The first kappa shape index (κ1) is 15.0. The SMILES string of the molecule is CC(=O)c1ccnc2sc3c(=O)n(-c4ccc(Cl)cc4)cnc3c12. The minimum absolute atomic E-state index is 0.0780. The molecule has 0 aliphatic carbocycles. The Kier molecular flexibility index (Phi) is 3.44. The summed E-state index contributed by atoms with van der Waals surface area (Å²) in [5.41, 5.74) is 1.53. The van der Waals surface area contributed by atoms with E-state index in [1.807, 2.05) is 0 Å². The van der Waals surface area contributed by atoms with Crippen molar-refractivity contribution in [1.29, 1.82) is 0 Å². The Balaban J connectivity index is 2.06. The standard InChI is InChI=1S/C17H10ClN3O2S/c1-9(22)12-6-7-19-16-13(12)14-15(24-16)17(23)21(8-20-14)11-4-2-10(18)3-5-11/h2-8H,1H3. The Bertz CT molecular complexity index is 1160. The van der Waals surface area contributed by atoms with Crippen LogP contribution in [0.1, 0.15) is 17.3 Å². The van der Waals surface area contributed by atoms with Gasteiger partial charge >= 0.3 is 0 Å². The first-order valence-electron chi connectivity index (χ1n) is 7.12. The van der Waals surface area contributed by atoms with Crippen LogP contribution in [0, 0.1) is 0 Å². The van der Waals surface area contributed by atoms with Crippen molar-refractivity contribution < 1.29 is 4.79 Å². The van der Waals surface area contributed by atoms with E-state index >= 15 is 0 Å². The molecular formula is C17H10ClN3O2S. The van der Waals surface area contributed by atoms with E-state index in [-0.39, 0.29) is 11.3 Å². The number of thiophene rings is 1. The second kappa shape index (κ2) is 5.51. The fourth-order valence-corrected chi connectivity index (χ4v) is 3.81. The molecule has 0 N–H and O–H groups in total. The summed E-state index contributed by atoms with van der Waals surface area (Å²) in [6.07, 6.45) is 3.04. The van der Waals surface area contributed by atoms with Crippen molar-refractivity contribution >= 4 is 49.2 Å². The summed E-state index contributed by atoms with van der Waals surface area (Å²) >= 11 is 7.14. The Morgan fingerprint density at radius 3 is 2.62 bits per heavy atom. The lowest BCUT2D eigenvalue weighted by Gasteiger charge is -2.05. The molecule has 24 heavy (non-hydrogen) atoms. The quantitative estimate of drug-likeness (QED) is 0.512. The Hall–Kier alpha value is -2.57. The van der Waals surface area contributed by atoms with E-state index < -0.39 is 0 Å². The molecule has 0 amide bonds. The zero-order chi connectivity index (χ0) is 16.8. The molecule has 0 radical (unpaired) electrons. The molecule has 7 heteroatoms. The minimum atomic E-state index is -0.195. The number of nitrogens with zero attached hydrogens (tertiary/aromatic N) is 3. The van der Waals surface area contributed by atoms with Gasteiger partial charge in [-0.2, -0.15) is 0 Å². The normalized spacial score (nSPS) is 11.2. The number of halogens is 1. The van der Waals surface area contributed by atoms with Crippen molar-refractivity contribution in [3.8, 4) is 5.69 Å². The number of benzene rings is 1. The molecule has 0 saturated heterocycles. The van der Waals surface area contributed by atoms with Crippen LogP contribution < -0.4 is 5.56 Å². The number of rotatable bonds is 2. The maximum atomic E-state index is 12.9. The molecule has 0 bridgehead atoms. The third-order valence-electron chi connectivity index (χ3n) is 3.77. The van der Waals surface area contributed by atoms with Crippen molar-refractivity contribution in [3.63, 3.8) is 0 Å². The summed E-state index contributed by atoms with van der Waals surface area (Å²) in [5, 5.41) is 1.24. The predicted octanol–water partition coefficient (Wildman–Crippen LogP) is 3.85. The summed E-state index contributed by atoms with van der Waals surface area (Å²) < 4.78 is 1.94. The highest BCUT2D eigenvalue weighted by molar-refractivity contribution is 7.25. The van der Waals surface area contributed by atoms with Gasteiger partial charge in [0.25, 0.3) is 5.56 Å².